The van der Waals surface area contributed by atoms with Gasteiger partial charge in [-0.05, 0) is 31.2 Å². The van der Waals surface area contributed by atoms with E-state index in [1.54, 1.807) is 43.3 Å². The van der Waals surface area contributed by atoms with Crippen LogP contribution >= 0.6 is 0 Å². The Bertz CT molecular complexity index is 942. The lowest BCUT2D eigenvalue weighted by molar-refractivity contribution is -0.143. The van der Waals surface area contributed by atoms with E-state index in [0.29, 0.717) is 11.4 Å². The average Bonchev–Trinajstić information content (AvgIpc) is 2.79. The molecule has 1 heterocycles. The lowest BCUT2D eigenvalue weighted by Gasteiger charge is -2.27. The summed E-state index contributed by atoms with van der Waals surface area (Å²) < 4.78 is 18.6. The lowest BCUT2D eigenvalue weighted by Crippen LogP contribution is -2.41. The number of rotatable bonds is 4. The summed E-state index contributed by atoms with van der Waals surface area (Å²) in [5, 5.41) is 2.76. The number of halogens is 1. The number of esters is 1. The number of carbonyl (C=O) groups excluding carboxylic acids is 3. The van der Waals surface area contributed by atoms with E-state index >= 15 is 0 Å². The highest BCUT2D eigenvalue weighted by atomic mass is 19.1. The number of hydrogen-bond donors (Lipinski definition) is 1. The van der Waals surface area contributed by atoms with Crippen molar-refractivity contribution in [2.24, 2.45) is 0 Å². The molecule has 28 heavy (non-hydrogen) atoms. The zero-order chi connectivity index (χ0) is 20.1. The quantitative estimate of drug-likeness (QED) is 0.651. The number of amides is 2. The van der Waals surface area contributed by atoms with Crippen LogP contribution in [0.4, 0.5) is 15.8 Å². The van der Waals surface area contributed by atoms with Gasteiger partial charge >= 0.3 is 5.97 Å². The van der Waals surface area contributed by atoms with Gasteiger partial charge in [-0.25, -0.2) is 9.18 Å². The molecule has 0 unspecified atom stereocenters. The van der Waals surface area contributed by atoms with Crippen LogP contribution in [-0.4, -0.2) is 30.4 Å². The van der Waals surface area contributed by atoms with E-state index in [1.807, 2.05) is 0 Å². The summed E-state index contributed by atoms with van der Waals surface area (Å²) in [5.41, 5.74) is 1.31. The van der Waals surface area contributed by atoms with Crippen LogP contribution in [0.5, 0.6) is 0 Å². The van der Waals surface area contributed by atoms with E-state index in [2.05, 4.69) is 5.32 Å². The first-order chi connectivity index (χ1) is 13.5. The molecular weight excluding hydrogens is 363 g/mol. The fourth-order valence-electron chi connectivity index (χ4n) is 2.99. The van der Waals surface area contributed by atoms with E-state index in [9.17, 15) is 18.8 Å². The molecule has 0 fully saturated rings. The molecule has 3 rings (SSSR count). The van der Waals surface area contributed by atoms with Gasteiger partial charge in [-0.1, -0.05) is 30.3 Å². The zero-order valence-electron chi connectivity index (χ0n) is 15.2. The Morgan fingerprint density at radius 1 is 1.21 bits per heavy atom. The minimum absolute atomic E-state index is 0.127. The first-order valence-corrected chi connectivity index (χ1v) is 8.76. The Morgan fingerprint density at radius 2 is 1.93 bits per heavy atom. The number of ether oxygens (including phenoxy) is 1. The Kier molecular flexibility index (Phi) is 5.84. The fraction of sp³-hybridized carbons (Fsp3) is 0.190. The number of anilines is 2. The molecule has 144 valence electrons. The van der Waals surface area contributed by atoms with Crippen LogP contribution < -0.4 is 10.2 Å². The molecule has 7 heteroatoms. The van der Waals surface area contributed by atoms with E-state index in [-0.39, 0.29) is 17.9 Å². The molecule has 1 aliphatic rings. The van der Waals surface area contributed by atoms with E-state index in [0.717, 1.165) is 6.08 Å². The number of nitrogens with one attached hydrogen (secondary N) is 1. The molecule has 1 aliphatic heterocycles. The summed E-state index contributed by atoms with van der Waals surface area (Å²) >= 11 is 0. The van der Waals surface area contributed by atoms with Gasteiger partial charge in [0.25, 0.3) is 5.91 Å². The molecule has 0 saturated heterocycles. The van der Waals surface area contributed by atoms with Crippen LogP contribution in [0.15, 0.2) is 54.6 Å². The minimum Gasteiger partial charge on any atom is -0.452 e. The Balaban J connectivity index is 1.68. The highest BCUT2D eigenvalue weighted by Crippen LogP contribution is 2.31. The molecule has 0 radical (unpaired) electrons. The van der Waals surface area contributed by atoms with Crippen molar-refractivity contribution in [3.8, 4) is 0 Å². The van der Waals surface area contributed by atoms with Crippen LogP contribution in [0, 0.1) is 5.82 Å². The number of fused-ring (bicyclic) bond motifs is 1. The van der Waals surface area contributed by atoms with Gasteiger partial charge in [0.15, 0.2) is 6.61 Å². The van der Waals surface area contributed by atoms with Gasteiger partial charge in [-0.3, -0.25) is 9.59 Å². The van der Waals surface area contributed by atoms with Crippen molar-refractivity contribution >= 4 is 35.2 Å². The topological polar surface area (TPSA) is 75.7 Å². The predicted octanol–water partition coefficient (Wildman–Crippen LogP) is 3.15. The molecule has 0 spiro atoms. The van der Waals surface area contributed by atoms with Crippen molar-refractivity contribution in [2.45, 2.75) is 19.4 Å². The highest BCUT2D eigenvalue weighted by molar-refractivity contribution is 6.05. The number of para-hydroxylation sites is 2. The normalized spacial score (nSPS) is 16.3. The largest absolute Gasteiger partial charge is 0.452 e. The summed E-state index contributed by atoms with van der Waals surface area (Å²) in [6.45, 7) is 1.26. The maximum atomic E-state index is 13.6. The minimum atomic E-state index is -0.762. The van der Waals surface area contributed by atoms with Crippen LogP contribution in [0.3, 0.4) is 0 Å². The molecule has 0 aliphatic carbocycles. The lowest BCUT2D eigenvalue weighted by atomic mass is 10.1. The second kappa shape index (κ2) is 8.47. The van der Waals surface area contributed by atoms with Crippen molar-refractivity contribution in [3.05, 3.63) is 66.0 Å². The summed E-state index contributed by atoms with van der Waals surface area (Å²) in [4.78, 5) is 38.0. The third-order valence-electron chi connectivity index (χ3n) is 4.27. The first kappa shape index (κ1) is 19.3. The summed E-state index contributed by atoms with van der Waals surface area (Å²) in [5.74, 6) is -1.87. The van der Waals surface area contributed by atoms with Gasteiger partial charge in [0.1, 0.15) is 5.82 Å². The Morgan fingerprint density at radius 3 is 2.71 bits per heavy atom. The van der Waals surface area contributed by atoms with E-state index in [1.165, 1.54) is 23.1 Å². The predicted molar refractivity (Wildman–Crippen MR) is 103 cm³/mol. The van der Waals surface area contributed by atoms with Crippen molar-refractivity contribution in [1.82, 2.24) is 0 Å². The number of hydrogen-bond acceptors (Lipinski definition) is 4. The molecule has 1 N–H and O–H groups in total. The van der Waals surface area contributed by atoms with Crippen LogP contribution in [0.1, 0.15) is 18.9 Å². The molecule has 2 aromatic rings. The van der Waals surface area contributed by atoms with E-state index < -0.39 is 30.3 Å². The maximum absolute atomic E-state index is 13.6. The monoisotopic (exact) mass is 382 g/mol. The van der Waals surface area contributed by atoms with Crippen LogP contribution in [-0.2, 0) is 19.1 Å². The van der Waals surface area contributed by atoms with Crippen molar-refractivity contribution < 1.29 is 23.5 Å². The summed E-state index contributed by atoms with van der Waals surface area (Å²) in [6, 6.07) is 12.5. The molecule has 0 bridgehead atoms. The number of benzene rings is 2. The SMILES string of the molecule is C[C@@H]1CC(=O)Nc2ccccc2N1C(=O)COC(=O)/C=C/c1ccccc1F. The van der Waals surface area contributed by atoms with Crippen LogP contribution in [0.2, 0.25) is 0 Å². The maximum Gasteiger partial charge on any atom is 0.331 e. The fourth-order valence-corrected chi connectivity index (χ4v) is 2.99. The average molecular weight is 382 g/mol. The standard InChI is InChI=1S/C21H19FN2O4/c1-14-12-19(25)23-17-8-4-5-9-18(17)24(14)20(26)13-28-21(27)11-10-15-6-2-3-7-16(15)22/h2-11,14H,12-13H2,1H3,(H,23,25)/b11-10+/t14-/m1/s1. The first-order valence-electron chi connectivity index (χ1n) is 8.76. The van der Waals surface area contributed by atoms with Gasteiger partial charge in [0.05, 0.1) is 11.4 Å². The smallest absolute Gasteiger partial charge is 0.331 e. The van der Waals surface area contributed by atoms with Crippen molar-refractivity contribution in [2.75, 3.05) is 16.8 Å². The Hall–Kier alpha value is -3.48. The van der Waals surface area contributed by atoms with E-state index in [4.69, 9.17) is 4.74 Å². The molecule has 1 atom stereocenters. The molecular formula is C21H19FN2O4. The van der Waals surface area contributed by atoms with Crippen molar-refractivity contribution in [3.63, 3.8) is 0 Å². The Labute approximate surface area is 161 Å². The molecule has 6 nitrogen and oxygen atoms in total. The second-order valence-corrected chi connectivity index (χ2v) is 6.34. The number of carbonyl (C=O) groups is 3. The molecule has 2 amide bonds. The third-order valence-corrected chi connectivity index (χ3v) is 4.27. The second-order valence-electron chi connectivity index (χ2n) is 6.34. The number of nitrogens with zero attached hydrogens (tertiary/aromatic N) is 1. The van der Waals surface area contributed by atoms with Gasteiger partial charge in [-0.15, -0.1) is 0 Å². The van der Waals surface area contributed by atoms with Gasteiger partial charge in [0.2, 0.25) is 5.91 Å². The highest BCUT2D eigenvalue weighted by Gasteiger charge is 2.29. The van der Waals surface area contributed by atoms with Gasteiger partial charge in [-0.2, -0.15) is 0 Å². The van der Waals surface area contributed by atoms with Crippen molar-refractivity contribution in [1.29, 1.82) is 0 Å². The summed E-state index contributed by atoms with van der Waals surface area (Å²) in [7, 11) is 0. The third kappa shape index (κ3) is 4.43. The zero-order valence-corrected chi connectivity index (χ0v) is 15.2. The molecule has 0 aromatic heterocycles. The van der Waals surface area contributed by atoms with Gasteiger partial charge < -0.3 is 15.0 Å². The van der Waals surface area contributed by atoms with Gasteiger partial charge in [0, 0.05) is 24.1 Å². The molecule has 0 saturated carbocycles. The summed E-state index contributed by atoms with van der Waals surface area (Å²) in [6.07, 6.45) is 2.48. The van der Waals surface area contributed by atoms with Crippen LogP contribution in [0.25, 0.3) is 6.08 Å². The molecule has 2 aromatic carbocycles.